The van der Waals surface area contributed by atoms with Crippen molar-refractivity contribution < 1.29 is 14.0 Å². The number of benzene rings is 1. The van der Waals surface area contributed by atoms with Crippen LogP contribution in [0.2, 0.25) is 0 Å². The van der Waals surface area contributed by atoms with Crippen LogP contribution in [-0.2, 0) is 11.3 Å². The molecule has 0 unspecified atom stereocenters. The van der Waals surface area contributed by atoms with Gasteiger partial charge in [-0.25, -0.2) is 8.91 Å². The standard InChI is InChI=1S/C15H14FN5O2/c16-9-3-10(13(17)22)12-11(4-9)20-14-8(6-19-21(12)14)5-18-15(23)7-1-2-7/h3-4,6-7,20H,1-2,5H2,(H2,17,22)(H,18,23). The second-order valence-corrected chi connectivity index (χ2v) is 5.76. The number of hydrogen-bond acceptors (Lipinski definition) is 3. The van der Waals surface area contributed by atoms with Crippen molar-refractivity contribution in [2.75, 3.05) is 0 Å². The molecule has 1 saturated carbocycles. The largest absolute Gasteiger partial charge is 0.366 e. The summed E-state index contributed by atoms with van der Waals surface area (Å²) in [5.74, 6) is -1.13. The maximum absolute atomic E-state index is 13.6. The normalized spacial score (nSPS) is 14.5. The van der Waals surface area contributed by atoms with E-state index in [0.29, 0.717) is 23.2 Å². The number of imidazole rings is 1. The molecule has 2 aromatic heterocycles. The van der Waals surface area contributed by atoms with E-state index in [1.54, 1.807) is 6.20 Å². The zero-order chi connectivity index (χ0) is 16.1. The molecule has 3 aromatic rings. The van der Waals surface area contributed by atoms with Crippen LogP contribution in [0.15, 0.2) is 18.3 Å². The number of aromatic amines is 1. The number of nitrogens with zero attached hydrogens (tertiary/aromatic N) is 2. The van der Waals surface area contributed by atoms with Crippen LogP contribution in [0, 0.1) is 11.7 Å². The van der Waals surface area contributed by atoms with Gasteiger partial charge in [-0.3, -0.25) is 9.59 Å². The first-order valence-electron chi connectivity index (χ1n) is 7.30. The number of nitrogens with one attached hydrogen (secondary N) is 2. The van der Waals surface area contributed by atoms with Crippen molar-refractivity contribution in [1.29, 1.82) is 0 Å². The van der Waals surface area contributed by atoms with Crippen LogP contribution >= 0.6 is 0 Å². The van der Waals surface area contributed by atoms with Crippen LogP contribution in [0.1, 0.15) is 28.8 Å². The third-order valence-electron chi connectivity index (χ3n) is 4.05. The Labute approximate surface area is 129 Å². The molecule has 0 saturated heterocycles. The minimum atomic E-state index is -0.727. The highest BCUT2D eigenvalue weighted by Crippen LogP contribution is 2.29. The summed E-state index contributed by atoms with van der Waals surface area (Å²) in [6, 6.07) is 2.37. The summed E-state index contributed by atoms with van der Waals surface area (Å²) >= 11 is 0. The first-order valence-corrected chi connectivity index (χ1v) is 7.30. The third kappa shape index (κ3) is 2.23. The fourth-order valence-corrected chi connectivity index (χ4v) is 2.72. The summed E-state index contributed by atoms with van der Waals surface area (Å²) in [6.45, 7) is 0.319. The minimum Gasteiger partial charge on any atom is -0.366 e. The summed E-state index contributed by atoms with van der Waals surface area (Å²) in [4.78, 5) is 26.3. The molecule has 0 radical (unpaired) electrons. The molecule has 0 spiro atoms. The van der Waals surface area contributed by atoms with Gasteiger partial charge in [0.2, 0.25) is 5.91 Å². The van der Waals surface area contributed by atoms with Gasteiger partial charge in [-0.05, 0) is 25.0 Å². The number of H-pyrrole nitrogens is 1. The predicted octanol–water partition coefficient (Wildman–Crippen LogP) is 1.08. The van der Waals surface area contributed by atoms with Crippen LogP contribution in [-0.4, -0.2) is 26.4 Å². The van der Waals surface area contributed by atoms with Crippen LogP contribution in [0.25, 0.3) is 16.7 Å². The number of primary amides is 1. The molecule has 23 heavy (non-hydrogen) atoms. The van der Waals surface area contributed by atoms with Crippen molar-refractivity contribution in [2.24, 2.45) is 11.7 Å². The molecule has 1 fully saturated rings. The van der Waals surface area contributed by atoms with Crippen molar-refractivity contribution in [3.8, 4) is 0 Å². The summed E-state index contributed by atoms with van der Waals surface area (Å²) in [6.07, 6.45) is 3.47. The Balaban J connectivity index is 1.78. The lowest BCUT2D eigenvalue weighted by Gasteiger charge is -2.01. The molecule has 1 aliphatic carbocycles. The van der Waals surface area contributed by atoms with E-state index in [0.717, 1.165) is 24.5 Å². The van der Waals surface area contributed by atoms with Gasteiger partial charge in [-0.2, -0.15) is 5.10 Å². The fraction of sp³-hybridized carbons (Fsp3) is 0.267. The zero-order valence-corrected chi connectivity index (χ0v) is 12.1. The average molecular weight is 315 g/mol. The van der Waals surface area contributed by atoms with Gasteiger partial charge in [0.05, 0.1) is 17.3 Å². The van der Waals surface area contributed by atoms with E-state index in [1.165, 1.54) is 10.6 Å². The van der Waals surface area contributed by atoms with Crippen molar-refractivity contribution in [3.63, 3.8) is 0 Å². The van der Waals surface area contributed by atoms with Gasteiger partial charge < -0.3 is 16.0 Å². The van der Waals surface area contributed by atoms with Crippen molar-refractivity contribution in [2.45, 2.75) is 19.4 Å². The topological polar surface area (TPSA) is 105 Å². The number of nitrogens with two attached hydrogens (primary N) is 1. The molecule has 0 atom stereocenters. The lowest BCUT2D eigenvalue weighted by molar-refractivity contribution is -0.122. The van der Waals surface area contributed by atoms with E-state index >= 15 is 0 Å². The Morgan fingerprint density at radius 3 is 2.91 bits per heavy atom. The highest BCUT2D eigenvalue weighted by molar-refractivity contribution is 6.05. The van der Waals surface area contributed by atoms with Crippen molar-refractivity contribution >= 4 is 28.5 Å². The number of hydrogen-bond donors (Lipinski definition) is 3. The van der Waals surface area contributed by atoms with Crippen LogP contribution in [0.4, 0.5) is 4.39 Å². The van der Waals surface area contributed by atoms with Gasteiger partial charge in [0.25, 0.3) is 5.91 Å². The first kappa shape index (κ1) is 13.7. The molecule has 1 aliphatic rings. The summed E-state index contributed by atoms with van der Waals surface area (Å²) in [5, 5.41) is 7.08. The van der Waals surface area contributed by atoms with Gasteiger partial charge in [0.1, 0.15) is 17.0 Å². The SMILES string of the molecule is NC(=O)c1cc(F)cc2[nH]c3c(CNC(=O)C4CC4)cnn3c12. The maximum atomic E-state index is 13.6. The monoisotopic (exact) mass is 315 g/mol. The average Bonchev–Trinajstić information content (AvgIpc) is 3.19. The van der Waals surface area contributed by atoms with Crippen LogP contribution in [0.5, 0.6) is 0 Å². The molecule has 8 heteroatoms. The lowest BCUT2D eigenvalue weighted by Crippen LogP contribution is -2.24. The van der Waals surface area contributed by atoms with E-state index < -0.39 is 11.7 Å². The number of carbonyl (C=O) groups is 2. The van der Waals surface area contributed by atoms with E-state index in [2.05, 4.69) is 15.4 Å². The molecule has 2 heterocycles. The molecule has 1 aromatic carbocycles. The van der Waals surface area contributed by atoms with Gasteiger partial charge in [0, 0.05) is 18.0 Å². The summed E-state index contributed by atoms with van der Waals surface area (Å²) < 4.78 is 15.1. The Morgan fingerprint density at radius 2 is 2.22 bits per heavy atom. The number of aromatic nitrogens is 3. The van der Waals surface area contributed by atoms with Gasteiger partial charge in [-0.1, -0.05) is 0 Å². The number of amides is 2. The predicted molar refractivity (Wildman–Crippen MR) is 80.1 cm³/mol. The summed E-state index contributed by atoms with van der Waals surface area (Å²) in [5.41, 5.74) is 7.59. The quantitative estimate of drug-likeness (QED) is 0.671. The smallest absolute Gasteiger partial charge is 0.251 e. The third-order valence-corrected chi connectivity index (χ3v) is 4.05. The Kier molecular flexibility index (Phi) is 2.87. The molecule has 0 bridgehead atoms. The molecular formula is C15H14FN5O2. The zero-order valence-electron chi connectivity index (χ0n) is 12.1. The molecule has 4 rings (SSSR count). The van der Waals surface area contributed by atoms with Crippen LogP contribution < -0.4 is 11.1 Å². The van der Waals surface area contributed by atoms with E-state index in [-0.39, 0.29) is 17.4 Å². The Bertz CT molecular complexity index is 954. The highest BCUT2D eigenvalue weighted by atomic mass is 19.1. The molecule has 7 nitrogen and oxygen atoms in total. The maximum Gasteiger partial charge on any atom is 0.251 e. The number of halogens is 1. The van der Waals surface area contributed by atoms with Gasteiger partial charge >= 0.3 is 0 Å². The number of carbonyl (C=O) groups excluding carboxylic acids is 2. The second-order valence-electron chi connectivity index (χ2n) is 5.76. The highest BCUT2D eigenvalue weighted by Gasteiger charge is 2.29. The van der Waals surface area contributed by atoms with Crippen molar-refractivity contribution in [1.82, 2.24) is 19.9 Å². The molecule has 0 aliphatic heterocycles. The molecule has 4 N–H and O–H groups in total. The second kappa shape index (κ2) is 4.80. The van der Waals surface area contributed by atoms with Gasteiger partial charge in [0.15, 0.2) is 0 Å². The minimum absolute atomic E-state index is 0.0318. The van der Waals surface area contributed by atoms with E-state index in [9.17, 15) is 14.0 Å². The Morgan fingerprint density at radius 1 is 1.43 bits per heavy atom. The lowest BCUT2D eigenvalue weighted by atomic mass is 10.1. The van der Waals surface area contributed by atoms with Crippen molar-refractivity contribution in [3.05, 3.63) is 35.3 Å². The first-order chi connectivity index (χ1) is 11.0. The molecule has 118 valence electrons. The number of rotatable bonds is 4. The summed E-state index contributed by atoms with van der Waals surface area (Å²) in [7, 11) is 0. The van der Waals surface area contributed by atoms with Crippen LogP contribution in [0.3, 0.4) is 0 Å². The molecule has 2 amide bonds. The number of fused-ring (bicyclic) bond motifs is 3. The Hall–Kier alpha value is -2.90. The fourth-order valence-electron chi connectivity index (χ4n) is 2.72. The van der Waals surface area contributed by atoms with E-state index in [4.69, 9.17) is 5.73 Å². The van der Waals surface area contributed by atoms with Gasteiger partial charge in [-0.15, -0.1) is 0 Å². The molecular weight excluding hydrogens is 301 g/mol. The van der Waals surface area contributed by atoms with E-state index in [1.807, 2.05) is 0 Å².